The van der Waals surface area contributed by atoms with Gasteiger partial charge < -0.3 is 14.9 Å². The lowest BCUT2D eigenvalue weighted by atomic mass is 9.52. The van der Waals surface area contributed by atoms with Crippen LogP contribution < -0.4 is 4.74 Å². The second-order valence-electron chi connectivity index (χ2n) is 11.6. The van der Waals surface area contributed by atoms with Crippen molar-refractivity contribution in [1.29, 1.82) is 0 Å². The maximum absolute atomic E-state index is 12.1. The van der Waals surface area contributed by atoms with Gasteiger partial charge in [-0.25, -0.2) is 0 Å². The maximum atomic E-state index is 12.1. The number of benzene rings is 2. The number of rotatable bonds is 3. The second-order valence-corrected chi connectivity index (χ2v) is 11.6. The molecule has 5 rings (SSSR count). The van der Waals surface area contributed by atoms with Crippen LogP contribution in [0.25, 0.3) is 0 Å². The molecule has 2 saturated carbocycles. The van der Waals surface area contributed by atoms with Crippen LogP contribution in [0.3, 0.4) is 0 Å². The highest BCUT2D eigenvalue weighted by Crippen LogP contribution is 2.62. The van der Waals surface area contributed by atoms with Crippen molar-refractivity contribution in [2.45, 2.75) is 64.4 Å². The molecule has 0 radical (unpaired) electrons. The Hall–Kier alpha value is -3.08. The van der Waals surface area contributed by atoms with Gasteiger partial charge in [0.25, 0.3) is 0 Å². The van der Waals surface area contributed by atoms with Crippen molar-refractivity contribution in [3.63, 3.8) is 0 Å². The molecule has 0 amide bonds. The Labute approximate surface area is 206 Å². The van der Waals surface area contributed by atoms with E-state index in [1.54, 1.807) is 0 Å². The highest BCUT2D eigenvalue weighted by molar-refractivity contribution is 5.95. The molecule has 5 nitrogen and oxygen atoms in total. The third-order valence-corrected chi connectivity index (χ3v) is 9.23. The molecule has 2 aliphatic carbocycles. The van der Waals surface area contributed by atoms with E-state index < -0.39 is 11.4 Å². The molecule has 0 bridgehead atoms. The molecule has 0 saturated heterocycles. The summed E-state index contributed by atoms with van der Waals surface area (Å²) in [6, 6.07) is 9.89. The molecule has 1 aliphatic heterocycles. The smallest absolute Gasteiger partial charge is 0.157 e. The molecule has 0 spiro atoms. The van der Waals surface area contributed by atoms with Crippen molar-refractivity contribution in [2.75, 3.05) is 0 Å². The van der Waals surface area contributed by atoms with Gasteiger partial charge in [0.2, 0.25) is 0 Å². The normalized spacial score (nSPS) is 31.2. The van der Waals surface area contributed by atoms with Crippen LogP contribution in [0.5, 0.6) is 17.2 Å². The standard InChI is InChI=1S/C30H34O5/c1-17-10-11-23-24(18-8-6-5-7-9-18)25-27(34)20(15-31)26(33)21(16-32)28(25)35-30(23,4)13-12-22-19(17)14-29(22,2)3/h5-9,15-16,19,22-24,33-34H,1,10-14H2,2-4H3/t19-,22+,23-,24?,30+/m0/s1. The summed E-state index contributed by atoms with van der Waals surface area (Å²) in [6.07, 6.45) is 5.50. The summed E-state index contributed by atoms with van der Waals surface area (Å²) in [5.41, 5.74) is 1.95. The largest absolute Gasteiger partial charge is 0.507 e. The fraction of sp³-hybridized carbons (Fsp3) is 0.467. The molecule has 1 unspecified atom stereocenters. The lowest BCUT2D eigenvalue weighted by Gasteiger charge is -2.53. The molecule has 0 aromatic heterocycles. The number of allylic oxidation sites excluding steroid dienone is 1. The van der Waals surface area contributed by atoms with Gasteiger partial charge in [-0.15, -0.1) is 0 Å². The van der Waals surface area contributed by atoms with Gasteiger partial charge in [-0.1, -0.05) is 56.3 Å². The van der Waals surface area contributed by atoms with E-state index in [1.165, 1.54) is 5.57 Å². The topological polar surface area (TPSA) is 83.8 Å². The number of phenols is 2. The van der Waals surface area contributed by atoms with Gasteiger partial charge in [0.15, 0.2) is 12.6 Å². The number of aldehydes is 2. The van der Waals surface area contributed by atoms with Crippen molar-refractivity contribution in [1.82, 2.24) is 0 Å². The monoisotopic (exact) mass is 474 g/mol. The molecule has 2 fully saturated rings. The first-order chi connectivity index (χ1) is 16.6. The third-order valence-electron chi connectivity index (χ3n) is 9.23. The minimum atomic E-state index is -0.631. The predicted octanol–water partition coefficient (Wildman–Crippen LogP) is 6.41. The lowest BCUT2D eigenvalue weighted by Crippen LogP contribution is -2.49. The summed E-state index contributed by atoms with van der Waals surface area (Å²) in [6.45, 7) is 11.2. The van der Waals surface area contributed by atoms with E-state index in [-0.39, 0.29) is 39.9 Å². The molecule has 2 N–H and O–H groups in total. The van der Waals surface area contributed by atoms with Gasteiger partial charge in [-0.3, -0.25) is 9.59 Å². The zero-order valence-electron chi connectivity index (χ0n) is 20.7. The van der Waals surface area contributed by atoms with E-state index >= 15 is 0 Å². The fourth-order valence-electron chi connectivity index (χ4n) is 7.25. The van der Waals surface area contributed by atoms with Gasteiger partial charge in [0, 0.05) is 17.4 Å². The molecule has 5 atom stereocenters. The van der Waals surface area contributed by atoms with Crippen LogP contribution in [0.1, 0.15) is 90.6 Å². The number of hydrogen-bond donors (Lipinski definition) is 2. The summed E-state index contributed by atoms with van der Waals surface area (Å²) in [4.78, 5) is 24.0. The quantitative estimate of drug-likeness (QED) is 0.396. The number of hydrogen-bond acceptors (Lipinski definition) is 5. The van der Waals surface area contributed by atoms with Crippen LogP contribution >= 0.6 is 0 Å². The summed E-state index contributed by atoms with van der Waals surface area (Å²) in [7, 11) is 0. The molecule has 35 heavy (non-hydrogen) atoms. The van der Waals surface area contributed by atoms with Crippen LogP contribution in [0.2, 0.25) is 0 Å². The SMILES string of the molecule is C=C1CC[C@H]2C(c3ccccc3)c3c(O)c(C=O)c(O)c(C=O)c3O[C@]2(C)CC[C@@H]2[C@H]1CC2(C)C. The maximum Gasteiger partial charge on any atom is 0.157 e. The molecule has 1 heterocycles. The Bertz CT molecular complexity index is 1200. The van der Waals surface area contributed by atoms with E-state index in [0.717, 1.165) is 37.7 Å². The summed E-state index contributed by atoms with van der Waals surface area (Å²) in [5, 5.41) is 21.9. The van der Waals surface area contributed by atoms with Crippen molar-refractivity contribution < 1.29 is 24.5 Å². The number of phenolic OH excluding ortho intramolecular Hbond substituents is 2. The lowest BCUT2D eigenvalue weighted by molar-refractivity contribution is -0.0395. The average Bonchev–Trinajstić information content (AvgIpc) is 2.86. The van der Waals surface area contributed by atoms with Gasteiger partial charge in [0.05, 0.1) is 11.1 Å². The predicted molar refractivity (Wildman–Crippen MR) is 134 cm³/mol. The first-order valence-corrected chi connectivity index (χ1v) is 12.6. The van der Waals surface area contributed by atoms with E-state index in [1.807, 2.05) is 30.3 Å². The highest BCUT2D eigenvalue weighted by Gasteiger charge is 2.54. The van der Waals surface area contributed by atoms with Crippen LogP contribution in [0.4, 0.5) is 0 Å². The zero-order valence-corrected chi connectivity index (χ0v) is 20.7. The van der Waals surface area contributed by atoms with Crippen LogP contribution in [0.15, 0.2) is 42.5 Å². The summed E-state index contributed by atoms with van der Waals surface area (Å²) in [5.74, 6) is 0.0524. The van der Waals surface area contributed by atoms with Gasteiger partial charge in [0.1, 0.15) is 22.8 Å². The molecular weight excluding hydrogens is 440 g/mol. The Morgan fingerprint density at radius 2 is 1.66 bits per heavy atom. The fourth-order valence-corrected chi connectivity index (χ4v) is 7.25. The van der Waals surface area contributed by atoms with E-state index in [0.29, 0.717) is 30.0 Å². The van der Waals surface area contributed by atoms with Crippen molar-refractivity contribution >= 4 is 12.6 Å². The number of aromatic hydroxyl groups is 2. The number of carbonyl (C=O) groups is 2. The Kier molecular flexibility index (Phi) is 5.58. The van der Waals surface area contributed by atoms with Crippen LogP contribution in [0, 0.1) is 23.2 Å². The molecule has 184 valence electrons. The van der Waals surface area contributed by atoms with Crippen molar-refractivity contribution in [3.8, 4) is 17.2 Å². The summed E-state index contributed by atoms with van der Waals surface area (Å²) < 4.78 is 6.66. The zero-order chi connectivity index (χ0) is 25.1. The van der Waals surface area contributed by atoms with E-state index in [2.05, 4.69) is 27.4 Å². The van der Waals surface area contributed by atoms with Gasteiger partial charge in [-0.05, 0) is 61.8 Å². The third kappa shape index (κ3) is 3.50. The number of ether oxygens (including phenoxy) is 1. The van der Waals surface area contributed by atoms with Crippen molar-refractivity contribution in [3.05, 3.63) is 64.7 Å². The minimum absolute atomic E-state index is 0.0239. The average molecular weight is 475 g/mol. The molecule has 3 aliphatic rings. The second kappa shape index (κ2) is 8.25. The van der Waals surface area contributed by atoms with Crippen LogP contribution in [-0.4, -0.2) is 28.4 Å². The summed E-state index contributed by atoms with van der Waals surface area (Å²) >= 11 is 0. The minimum Gasteiger partial charge on any atom is -0.507 e. The van der Waals surface area contributed by atoms with Gasteiger partial charge >= 0.3 is 0 Å². The first-order valence-electron chi connectivity index (χ1n) is 12.6. The Morgan fingerprint density at radius 3 is 2.29 bits per heavy atom. The van der Waals surface area contributed by atoms with Crippen molar-refractivity contribution in [2.24, 2.45) is 23.2 Å². The van der Waals surface area contributed by atoms with Crippen LogP contribution in [-0.2, 0) is 0 Å². The number of carbonyl (C=O) groups excluding carboxylic acids is 2. The van der Waals surface area contributed by atoms with E-state index in [9.17, 15) is 19.8 Å². The first kappa shape index (κ1) is 23.7. The Balaban J connectivity index is 1.73. The number of fused-ring (bicyclic) bond motifs is 3. The molecule has 2 aromatic carbocycles. The molecule has 2 aromatic rings. The van der Waals surface area contributed by atoms with E-state index in [4.69, 9.17) is 4.74 Å². The highest BCUT2D eigenvalue weighted by atomic mass is 16.5. The Morgan fingerprint density at radius 1 is 0.971 bits per heavy atom. The van der Waals surface area contributed by atoms with Gasteiger partial charge in [-0.2, -0.15) is 0 Å². The molecule has 5 heteroatoms. The molecular formula is C30H34O5.